The van der Waals surface area contributed by atoms with Crippen LogP contribution in [0.15, 0.2) is 42.5 Å². The molecule has 0 saturated heterocycles. The van der Waals surface area contributed by atoms with Crippen LogP contribution in [0, 0.1) is 6.92 Å². The SMILES string of the molecule is COc1ccccc1NC(=O)CCNc1c(C)cccc1C(C)C. The monoisotopic (exact) mass is 326 g/mol. The van der Waals surface area contributed by atoms with Gasteiger partial charge in [0.2, 0.25) is 5.91 Å². The Morgan fingerprint density at radius 3 is 2.58 bits per heavy atom. The van der Waals surface area contributed by atoms with Gasteiger partial charge in [0.25, 0.3) is 0 Å². The molecule has 1 amide bonds. The molecule has 0 aliphatic carbocycles. The largest absolute Gasteiger partial charge is 0.495 e. The summed E-state index contributed by atoms with van der Waals surface area (Å²) >= 11 is 0. The number of carbonyl (C=O) groups is 1. The Hall–Kier alpha value is -2.49. The van der Waals surface area contributed by atoms with Gasteiger partial charge in [0, 0.05) is 18.7 Å². The van der Waals surface area contributed by atoms with E-state index < -0.39 is 0 Å². The lowest BCUT2D eigenvalue weighted by Crippen LogP contribution is -2.17. The zero-order chi connectivity index (χ0) is 17.5. The quantitative estimate of drug-likeness (QED) is 0.784. The molecule has 0 fully saturated rings. The van der Waals surface area contributed by atoms with Gasteiger partial charge in [-0.3, -0.25) is 4.79 Å². The summed E-state index contributed by atoms with van der Waals surface area (Å²) in [7, 11) is 1.60. The van der Waals surface area contributed by atoms with E-state index in [4.69, 9.17) is 4.74 Å². The lowest BCUT2D eigenvalue weighted by molar-refractivity contribution is -0.116. The van der Waals surface area contributed by atoms with Crippen LogP contribution in [-0.4, -0.2) is 19.6 Å². The van der Waals surface area contributed by atoms with Crippen molar-refractivity contribution in [1.29, 1.82) is 0 Å². The number of nitrogens with one attached hydrogen (secondary N) is 2. The lowest BCUT2D eigenvalue weighted by Gasteiger charge is -2.17. The third-order valence-electron chi connectivity index (χ3n) is 3.96. The fourth-order valence-corrected chi connectivity index (χ4v) is 2.67. The smallest absolute Gasteiger partial charge is 0.226 e. The normalized spacial score (nSPS) is 10.5. The summed E-state index contributed by atoms with van der Waals surface area (Å²) in [6.45, 7) is 7.03. The highest BCUT2D eigenvalue weighted by Crippen LogP contribution is 2.27. The molecule has 0 aromatic heterocycles. The van der Waals surface area contributed by atoms with Gasteiger partial charge in [0.05, 0.1) is 12.8 Å². The molecule has 0 aliphatic heterocycles. The average Bonchev–Trinajstić information content (AvgIpc) is 2.56. The zero-order valence-corrected chi connectivity index (χ0v) is 14.8. The Morgan fingerprint density at radius 2 is 1.88 bits per heavy atom. The Balaban J connectivity index is 1.94. The number of para-hydroxylation sites is 3. The Kier molecular flexibility index (Phi) is 6.24. The number of rotatable bonds is 7. The van der Waals surface area contributed by atoms with Crippen LogP contribution in [0.5, 0.6) is 5.75 Å². The number of ether oxygens (including phenoxy) is 1. The van der Waals surface area contributed by atoms with Gasteiger partial charge in [-0.1, -0.05) is 44.2 Å². The lowest BCUT2D eigenvalue weighted by atomic mass is 9.98. The van der Waals surface area contributed by atoms with E-state index in [9.17, 15) is 4.79 Å². The van der Waals surface area contributed by atoms with Crippen molar-refractivity contribution in [3.05, 3.63) is 53.6 Å². The number of hydrogen-bond acceptors (Lipinski definition) is 3. The van der Waals surface area contributed by atoms with Crippen LogP contribution in [0.25, 0.3) is 0 Å². The molecule has 0 spiro atoms. The van der Waals surface area contributed by atoms with E-state index in [0.29, 0.717) is 30.3 Å². The summed E-state index contributed by atoms with van der Waals surface area (Å²) in [5.41, 5.74) is 4.31. The predicted molar refractivity (Wildman–Crippen MR) is 100.0 cm³/mol. The Labute approximate surface area is 144 Å². The van der Waals surface area contributed by atoms with Crippen molar-refractivity contribution in [2.75, 3.05) is 24.3 Å². The van der Waals surface area contributed by atoms with Gasteiger partial charge in [-0.15, -0.1) is 0 Å². The maximum absolute atomic E-state index is 12.2. The second-order valence-corrected chi connectivity index (χ2v) is 6.12. The first-order valence-corrected chi connectivity index (χ1v) is 8.29. The number of aryl methyl sites for hydroxylation is 1. The minimum absolute atomic E-state index is 0.0355. The van der Waals surface area contributed by atoms with E-state index in [1.165, 1.54) is 11.1 Å². The van der Waals surface area contributed by atoms with Crippen molar-refractivity contribution in [1.82, 2.24) is 0 Å². The van der Waals surface area contributed by atoms with Crippen LogP contribution in [0.2, 0.25) is 0 Å². The molecule has 0 aliphatic rings. The first-order valence-electron chi connectivity index (χ1n) is 8.29. The predicted octanol–water partition coefficient (Wildman–Crippen LogP) is 4.57. The highest BCUT2D eigenvalue weighted by Gasteiger charge is 2.10. The molecule has 0 bridgehead atoms. The molecule has 0 atom stereocenters. The number of anilines is 2. The van der Waals surface area contributed by atoms with E-state index in [-0.39, 0.29) is 5.91 Å². The molecule has 4 heteroatoms. The van der Waals surface area contributed by atoms with Gasteiger partial charge in [-0.25, -0.2) is 0 Å². The van der Waals surface area contributed by atoms with Crippen LogP contribution in [0.3, 0.4) is 0 Å². The van der Waals surface area contributed by atoms with Gasteiger partial charge < -0.3 is 15.4 Å². The highest BCUT2D eigenvalue weighted by atomic mass is 16.5. The summed E-state index contributed by atoms with van der Waals surface area (Å²) in [5.74, 6) is 1.07. The van der Waals surface area contributed by atoms with E-state index >= 15 is 0 Å². The summed E-state index contributed by atoms with van der Waals surface area (Å²) in [5, 5.41) is 6.31. The molecule has 2 rings (SSSR count). The topological polar surface area (TPSA) is 50.4 Å². The average molecular weight is 326 g/mol. The second-order valence-electron chi connectivity index (χ2n) is 6.12. The van der Waals surface area contributed by atoms with Gasteiger partial charge in [0.1, 0.15) is 5.75 Å². The van der Waals surface area contributed by atoms with Gasteiger partial charge in [0.15, 0.2) is 0 Å². The third kappa shape index (κ3) is 4.51. The maximum Gasteiger partial charge on any atom is 0.226 e. The van der Waals surface area contributed by atoms with Crippen molar-refractivity contribution < 1.29 is 9.53 Å². The minimum atomic E-state index is -0.0355. The second kappa shape index (κ2) is 8.39. The van der Waals surface area contributed by atoms with Gasteiger partial charge in [-0.2, -0.15) is 0 Å². The molecule has 128 valence electrons. The molecular formula is C20H26N2O2. The molecule has 24 heavy (non-hydrogen) atoms. The summed E-state index contributed by atoms with van der Waals surface area (Å²) in [4.78, 5) is 12.2. The highest BCUT2D eigenvalue weighted by molar-refractivity contribution is 5.92. The van der Waals surface area contributed by atoms with Crippen LogP contribution >= 0.6 is 0 Å². The molecule has 0 heterocycles. The number of hydrogen-bond donors (Lipinski definition) is 2. The van der Waals surface area contributed by atoms with Gasteiger partial charge in [-0.05, 0) is 36.1 Å². The summed E-state index contributed by atoms with van der Waals surface area (Å²) in [6.07, 6.45) is 0.393. The van der Waals surface area contributed by atoms with Crippen molar-refractivity contribution >= 4 is 17.3 Å². The van der Waals surface area contributed by atoms with E-state index in [2.05, 4.69) is 49.6 Å². The van der Waals surface area contributed by atoms with E-state index in [1.807, 2.05) is 24.3 Å². The molecular weight excluding hydrogens is 300 g/mol. The third-order valence-corrected chi connectivity index (χ3v) is 3.96. The Morgan fingerprint density at radius 1 is 1.12 bits per heavy atom. The fraction of sp³-hybridized carbons (Fsp3) is 0.350. The van der Waals surface area contributed by atoms with E-state index in [0.717, 1.165) is 5.69 Å². The maximum atomic E-state index is 12.2. The van der Waals surface area contributed by atoms with E-state index in [1.54, 1.807) is 7.11 Å². The van der Waals surface area contributed by atoms with Crippen molar-refractivity contribution in [2.45, 2.75) is 33.1 Å². The molecule has 2 N–H and O–H groups in total. The summed E-state index contributed by atoms with van der Waals surface area (Å²) in [6, 6.07) is 13.7. The van der Waals surface area contributed by atoms with Crippen molar-refractivity contribution in [3.8, 4) is 5.75 Å². The number of benzene rings is 2. The van der Waals surface area contributed by atoms with Crippen LogP contribution in [-0.2, 0) is 4.79 Å². The molecule has 0 saturated carbocycles. The number of carbonyl (C=O) groups excluding carboxylic acids is 1. The van der Waals surface area contributed by atoms with Crippen LogP contribution < -0.4 is 15.4 Å². The van der Waals surface area contributed by atoms with Crippen LogP contribution in [0.1, 0.15) is 37.3 Å². The minimum Gasteiger partial charge on any atom is -0.495 e. The molecule has 2 aromatic rings. The molecule has 0 unspecified atom stereocenters. The zero-order valence-electron chi connectivity index (χ0n) is 14.8. The first-order chi connectivity index (χ1) is 11.5. The molecule has 2 aromatic carbocycles. The molecule has 4 nitrogen and oxygen atoms in total. The molecule has 0 radical (unpaired) electrons. The standard InChI is InChI=1S/C20H26N2O2/c1-14(2)16-9-7-8-15(3)20(16)21-13-12-19(23)22-17-10-5-6-11-18(17)24-4/h5-11,14,21H,12-13H2,1-4H3,(H,22,23). The fourth-order valence-electron chi connectivity index (χ4n) is 2.67. The number of methoxy groups -OCH3 is 1. The summed E-state index contributed by atoms with van der Waals surface area (Å²) < 4.78 is 5.25. The van der Waals surface area contributed by atoms with Crippen molar-refractivity contribution in [2.24, 2.45) is 0 Å². The Bertz CT molecular complexity index is 696. The number of amides is 1. The first kappa shape index (κ1) is 17.9. The van der Waals surface area contributed by atoms with Crippen LogP contribution in [0.4, 0.5) is 11.4 Å². The van der Waals surface area contributed by atoms with Crippen molar-refractivity contribution in [3.63, 3.8) is 0 Å². The van der Waals surface area contributed by atoms with Gasteiger partial charge >= 0.3 is 0 Å².